The minimum atomic E-state index is -0.777. The maximum absolute atomic E-state index is 12.5. The molecule has 6 nitrogen and oxygen atoms in total. The Hall–Kier alpha value is -2.08. The number of likely N-dealkylation sites (N-methyl/N-ethyl adjacent to an activating group) is 1. The van der Waals surface area contributed by atoms with E-state index in [0.717, 1.165) is 24.4 Å². The first kappa shape index (κ1) is 18.3. The maximum atomic E-state index is 12.5. The summed E-state index contributed by atoms with van der Waals surface area (Å²) in [7, 11) is 1.74. The summed E-state index contributed by atoms with van der Waals surface area (Å²) in [5, 5.41) is 9.13. The van der Waals surface area contributed by atoms with Crippen molar-refractivity contribution in [1.29, 1.82) is 0 Å². The molecule has 0 aliphatic carbocycles. The summed E-state index contributed by atoms with van der Waals surface area (Å²) in [4.78, 5) is 27.1. The molecule has 0 bridgehead atoms. The molecular formula is C18H26N2O4. The number of carboxylic acid groups (broad SMARTS) is 1. The van der Waals surface area contributed by atoms with Gasteiger partial charge in [0.2, 0.25) is 5.91 Å². The number of nitrogens with zero attached hydrogens (tertiary/aromatic N) is 2. The van der Waals surface area contributed by atoms with E-state index in [0.29, 0.717) is 13.0 Å². The first-order valence-electron chi connectivity index (χ1n) is 8.35. The van der Waals surface area contributed by atoms with E-state index in [-0.39, 0.29) is 24.5 Å². The van der Waals surface area contributed by atoms with Crippen LogP contribution in [-0.2, 0) is 9.59 Å². The fourth-order valence-electron chi connectivity index (χ4n) is 2.86. The standard InChI is InChI=1S/C18H26N2O4/c1-13(2)24-16-8-6-15(7-9-16)19(3)17(21)12-20-10-4-5-14(11-20)18(22)23/h6-9,13-14H,4-5,10-12H2,1-3H3,(H,22,23). The zero-order valence-electron chi connectivity index (χ0n) is 14.6. The van der Waals surface area contributed by atoms with Gasteiger partial charge in [-0.1, -0.05) is 0 Å². The van der Waals surface area contributed by atoms with Crippen LogP contribution in [-0.4, -0.2) is 54.7 Å². The van der Waals surface area contributed by atoms with Gasteiger partial charge in [-0.2, -0.15) is 0 Å². The Labute approximate surface area is 143 Å². The van der Waals surface area contributed by atoms with Gasteiger partial charge in [-0.3, -0.25) is 14.5 Å². The number of hydrogen-bond acceptors (Lipinski definition) is 4. The Bertz CT molecular complexity index is 571. The predicted octanol–water partition coefficient (Wildman–Crippen LogP) is 2.23. The molecule has 1 fully saturated rings. The van der Waals surface area contributed by atoms with Crippen LogP contribution < -0.4 is 9.64 Å². The molecule has 132 valence electrons. The van der Waals surface area contributed by atoms with E-state index in [1.807, 2.05) is 43.0 Å². The number of ether oxygens (including phenoxy) is 1. The van der Waals surface area contributed by atoms with E-state index in [4.69, 9.17) is 9.84 Å². The summed E-state index contributed by atoms with van der Waals surface area (Å²) >= 11 is 0. The molecule has 1 aliphatic rings. The molecule has 1 aromatic carbocycles. The molecule has 1 atom stereocenters. The van der Waals surface area contributed by atoms with Gasteiger partial charge in [0.1, 0.15) is 5.75 Å². The molecule has 0 spiro atoms. The lowest BCUT2D eigenvalue weighted by Gasteiger charge is -2.31. The van der Waals surface area contributed by atoms with Gasteiger partial charge in [0.15, 0.2) is 0 Å². The first-order valence-corrected chi connectivity index (χ1v) is 8.35. The van der Waals surface area contributed by atoms with Crippen molar-refractivity contribution >= 4 is 17.6 Å². The second-order valence-corrected chi connectivity index (χ2v) is 6.53. The van der Waals surface area contributed by atoms with Crippen LogP contribution in [0.2, 0.25) is 0 Å². The second-order valence-electron chi connectivity index (χ2n) is 6.53. The SMILES string of the molecule is CC(C)Oc1ccc(N(C)C(=O)CN2CCCC(C(=O)O)C2)cc1. The number of carboxylic acids is 1. The van der Waals surface area contributed by atoms with Gasteiger partial charge >= 0.3 is 5.97 Å². The summed E-state index contributed by atoms with van der Waals surface area (Å²) in [6.07, 6.45) is 1.61. The molecule has 1 aromatic rings. The van der Waals surface area contributed by atoms with Gasteiger partial charge in [0.05, 0.1) is 18.6 Å². The number of aliphatic carboxylic acids is 1. The Balaban J connectivity index is 1.93. The average molecular weight is 334 g/mol. The number of hydrogen-bond donors (Lipinski definition) is 1. The molecule has 24 heavy (non-hydrogen) atoms. The number of amides is 1. The van der Waals surface area contributed by atoms with Crippen molar-refractivity contribution in [3.63, 3.8) is 0 Å². The molecule has 1 amide bonds. The van der Waals surface area contributed by atoms with Gasteiger partial charge in [-0.25, -0.2) is 0 Å². The Morgan fingerprint density at radius 1 is 1.33 bits per heavy atom. The highest BCUT2D eigenvalue weighted by molar-refractivity contribution is 5.94. The van der Waals surface area contributed by atoms with Crippen LogP contribution in [0.15, 0.2) is 24.3 Å². The Morgan fingerprint density at radius 2 is 2.00 bits per heavy atom. The van der Waals surface area contributed by atoms with Crippen LogP contribution in [0, 0.1) is 5.92 Å². The lowest BCUT2D eigenvalue weighted by Crippen LogP contribution is -2.44. The largest absolute Gasteiger partial charge is 0.491 e. The summed E-state index contributed by atoms with van der Waals surface area (Å²) < 4.78 is 5.60. The highest BCUT2D eigenvalue weighted by Crippen LogP contribution is 2.21. The van der Waals surface area contributed by atoms with Crippen molar-refractivity contribution in [2.45, 2.75) is 32.8 Å². The first-order chi connectivity index (χ1) is 11.4. The molecular weight excluding hydrogens is 308 g/mol. The highest BCUT2D eigenvalue weighted by Gasteiger charge is 2.27. The molecule has 2 rings (SSSR count). The van der Waals surface area contributed by atoms with Crippen molar-refractivity contribution in [3.8, 4) is 5.75 Å². The summed E-state index contributed by atoms with van der Waals surface area (Å²) in [5.74, 6) is -0.418. The van der Waals surface area contributed by atoms with Crippen molar-refractivity contribution in [1.82, 2.24) is 4.90 Å². The minimum Gasteiger partial charge on any atom is -0.491 e. The average Bonchev–Trinajstić information content (AvgIpc) is 2.54. The van der Waals surface area contributed by atoms with E-state index in [2.05, 4.69) is 0 Å². The van der Waals surface area contributed by atoms with Crippen LogP contribution in [0.4, 0.5) is 5.69 Å². The van der Waals surface area contributed by atoms with Gasteiger partial charge in [0, 0.05) is 19.3 Å². The quantitative estimate of drug-likeness (QED) is 0.864. The molecule has 1 saturated heterocycles. The molecule has 1 N–H and O–H groups in total. The van der Waals surface area contributed by atoms with E-state index in [9.17, 15) is 9.59 Å². The topological polar surface area (TPSA) is 70.1 Å². The zero-order chi connectivity index (χ0) is 17.7. The third-order valence-corrected chi connectivity index (χ3v) is 4.18. The van der Waals surface area contributed by atoms with Crippen LogP contribution in [0.1, 0.15) is 26.7 Å². The number of carbonyl (C=O) groups is 2. The Kier molecular flexibility index (Phi) is 6.20. The van der Waals surface area contributed by atoms with Gasteiger partial charge in [0.25, 0.3) is 0 Å². The number of carbonyl (C=O) groups excluding carboxylic acids is 1. The van der Waals surface area contributed by atoms with E-state index in [1.54, 1.807) is 11.9 Å². The van der Waals surface area contributed by atoms with Gasteiger partial charge in [-0.05, 0) is 57.5 Å². The molecule has 1 unspecified atom stereocenters. The van der Waals surface area contributed by atoms with Crippen molar-refractivity contribution < 1.29 is 19.4 Å². The number of piperidine rings is 1. The number of benzene rings is 1. The van der Waals surface area contributed by atoms with Crippen LogP contribution in [0.3, 0.4) is 0 Å². The monoisotopic (exact) mass is 334 g/mol. The van der Waals surface area contributed by atoms with Crippen LogP contribution >= 0.6 is 0 Å². The summed E-state index contributed by atoms with van der Waals surface area (Å²) in [5.41, 5.74) is 0.794. The summed E-state index contributed by atoms with van der Waals surface area (Å²) in [6.45, 7) is 5.38. The molecule has 1 aliphatic heterocycles. The van der Waals surface area contributed by atoms with Gasteiger partial charge < -0.3 is 14.7 Å². The Morgan fingerprint density at radius 3 is 2.58 bits per heavy atom. The van der Waals surface area contributed by atoms with Crippen molar-refractivity contribution in [3.05, 3.63) is 24.3 Å². The van der Waals surface area contributed by atoms with E-state index >= 15 is 0 Å². The number of likely N-dealkylation sites (tertiary alicyclic amines) is 1. The third kappa shape index (κ3) is 4.96. The van der Waals surface area contributed by atoms with Crippen molar-refractivity contribution in [2.24, 2.45) is 5.92 Å². The molecule has 0 saturated carbocycles. The number of anilines is 1. The van der Waals surface area contributed by atoms with Crippen LogP contribution in [0.25, 0.3) is 0 Å². The fraction of sp³-hybridized carbons (Fsp3) is 0.556. The van der Waals surface area contributed by atoms with E-state index < -0.39 is 5.97 Å². The number of rotatable bonds is 6. The third-order valence-electron chi connectivity index (χ3n) is 4.18. The summed E-state index contributed by atoms with van der Waals surface area (Å²) in [6, 6.07) is 7.40. The highest BCUT2D eigenvalue weighted by atomic mass is 16.5. The van der Waals surface area contributed by atoms with Gasteiger partial charge in [-0.15, -0.1) is 0 Å². The molecule has 6 heteroatoms. The molecule has 1 heterocycles. The minimum absolute atomic E-state index is 0.0430. The molecule has 0 radical (unpaired) electrons. The fourth-order valence-corrected chi connectivity index (χ4v) is 2.86. The normalized spacial score (nSPS) is 18.4. The molecule has 0 aromatic heterocycles. The zero-order valence-corrected chi connectivity index (χ0v) is 14.6. The van der Waals surface area contributed by atoms with Crippen molar-refractivity contribution in [2.75, 3.05) is 31.6 Å². The lowest BCUT2D eigenvalue weighted by atomic mass is 9.98. The maximum Gasteiger partial charge on any atom is 0.307 e. The predicted molar refractivity (Wildman–Crippen MR) is 92.4 cm³/mol. The second kappa shape index (κ2) is 8.15. The smallest absolute Gasteiger partial charge is 0.307 e. The lowest BCUT2D eigenvalue weighted by molar-refractivity contribution is -0.144. The van der Waals surface area contributed by atoms with Crippen LogP contribution in [0.5, 0.6) is 5.75 Å². The van der Waals surface area contributed by atoms with E-state index in [1.165, 1.54) is 0 Å².